The zero-order chi connectivity index (χ0) is 15.7. The minimum Gasteiger partial charge on any atom is -0.463 e. The highest BCUT2D eigenvalue weighted by atomic mass is 16.6. The van der Waals surface area contributed by atoms with Crippen LogP contribution in [0.3, 0.4) is 0 Å². The molecule has 0 radical (unpaired) electrons. The number of nitro groups is 1. The van der Waals surface area contributed by atoms with E-state index in [0.717, 1.165) is 10.9 Å². The molecule has 0 unspecified atom stereocenters. The smallest absolute Gasteiger partial charge is 0.373 e. The van der Waals surface area contributed by atoms with Gasteiger partial charge < -0.3 is 9.15 Å². The molecule has 0 amide bonds. The molecule has 0 aliphatic carbocycles. The number of hydrogen-bond acceptors (Lipinski definition) is 6. The van der Waals surface area contributed by atoms with Crippen molar-refractivity contribution in [3.63, 3.8) is 0 Å². The lowest BCUT2D eigenvalue weighted by atomic mass is 10.1. The predicted octanol–water partition coefficient (Wildman–Crippen LogP) is 2.37. The second-order valence-electron chi connectivity index (χ2n) is 4.63. The summed E-state index contributed by atoms with van der Waals surface area (Å²) in [5.74, 6) is -0.412. The Morgan fingerprint density at radius 1 is 1.45 bits per heavy atom. The normalized spacial score (nSPS) is 10.8. The molecule has 2 aromatic heterocycles. The van der Waals surface area contributed by atoms with Crippen LogP contribution in [-0.2, 0) is 11.3 Å². The van der Waals surface area contributed by atoms with Crippen molar-refractivity contribution < 1.29 is 18.9 Å². The summed E-state index contributed by atoms with van der Waals surface area (Å²) in [5, 5.41) is 15.3. The fourth-order valence-electron chi connectivity index (χ4n) is 2.11. The van der Waals surface area contributed by atoms with E-state index < -0.39 is 10.9 Å². The fourth-order valence-corrected chi connectivity index (χ4v) is 2.11. The molecule has 0 atom stereocenters. The van der Waals surface area contributed by atoms with Crippen LogP contribution < -0.4 is 0 Å². The number of hydrogen-bond donors (Lipinski definition) is 0. The molecule has 1 aromatic carbocycles. The van der Waals surface area contributed by atoms with E-state index >= 15 is 0 Å². The Morgan fingerprint density at radius 2 is 2.27 bits per heavy atom. The lowest BCUT2D eigenvalue weighted by Crippen LogP contribution is -1.99. The molecule has 3 aromatic rings. The van der Waals surface area contributed by atoms with E-state index in [0.29, 0.717) is 12.1 Å². The van der Waals surface area contributed by atoms with Crippen LogP contribution in [0.2, 0.25) is 0 Å². The van der Waals surface area contributed by atoms with Crippen molar-refractivity contribution in [2.75, 3.05) is 7.11 Å². The van der Waals surface area contributed by atoms with Gasteiger partial charge >= 0.3 is 11.7 Å². The van der Waals surface area contributed by atoms with Crippen LogP contribution in [-0.4, -0.2) is 27.8 Å². The Balaban J connectivity index is 1.87. The third-order valence-corrected chi connectivity index (χ3v) is 3.14. The topological polar surface area (TPSA) is 100 Å². The first kappa shape index (κ1) is 13.8. The lowest BCUT2D eigenvalue weighted by Gasteiger charge is -2.00. The van der Waals surface area contributed by atoms with Gasteiger partial charge in [0.1, 0.15) is 18.0 Å². The Kier molecular flexibility index (Phi) is 3.34. The third kappa shape index (κ3) is 2.53. The maximum absolute atomic E-state index is 11.4. The molecule has 0 aliphatic rings. The number of aromatic nitrogens is 2. The van der Waals surface area contributed by atoms with Gasteiger partial charge in [0.25, 0.3) is 0 Å². The number of fused-ring (bicyclic) bond motifs is 1. The van der Waals surface area contributed by atoms with Crippen molar-refractivity contribution in [1.29, 1.82) is 0 Å². The van der Waals surface area contributed by atoms with E-state index in [4.69, 9.17) is 4.42 Å². The number of ether oxygens (including phenoxy) is 1. The number of esters is 1. The molecule has 0 aliphatic heterocycles. The summed E-state index contributed by atoms with van der Waals surface area (Å²) in [5.41, 5.74) is 1.38. The molecular weight excluding hydrogens is 290 g/mol. The van der Waals surface area contributed by atoms with Crippen molar-refractivity contribution in [1.82, 2.24) is 9.78 Å². The molecule has 8 nitrogen and oxygen atoms in total. The first-order chi connectivity index (χ1) is 10.6. The summed E-state index contributed by atoms with van der Waals surface area (Å²) in [6.45, 7) is 0.377. The summed E-state index contributed by atoms with van der Waals surface area (Å²) in [6.07, 6.45) is 2.56. The average molecular weight is 301 g/mol. The zero-order valence-corrected chi connectivity index (χ0v) is 11.6. The first-order valence-electron chi connectivity index (χ1n) is 6.34. The Bertz CT molecular complexity index is 864. The number of benzene rings is 1. The van der Waals surface area contributed by atoms with Gasteiger partial charge in [-0.1, -0.05) is 6.07 Å². The van der Waals surface area contributed by atoms with Gasteiger partial charge in [0.05, 0.1) is 18.6 Å². The molecular formula is C14H11N3O5. The van der Waals surface area contributed by atoms with Gasteiger partial charge in [-0.15, -0.1) is 0 Å². The number of furan rings is 1. The van der Waals surface area contributed by atoms with Gasteiger partial charge in [-0.3, -0.25) is 14.8 Å². The van der Waals surface area contributed by atoms with Gasteiger partial charge in [-0.05, 0) is 23.8 Å². The third-order valence-electron chi connectivity index (χ3n) is 3.14. The highest BCUT2D eigenvalue weighted by Crippen LogP contribution is 2.22. The van der Waals surface area contributed by atoms with Crippen molar-refractivity contribution in [3.05, 3.63) is 58.1 Å². The maximum atomic E-state index is 11.4. The molecule has 0 bridgehead atoms. The minimum atomic E-state index is -0.541. The Labute approximate surface area is 124 Å². The SMILES string of the molecule is COC(=O)c1cc2cc(Cn3cc([N+](=O)[O-])cn3)ccc2o1. The van der Waals surface area contributed by atoms with Crippen LogP contribution in [0.1, 0.15) is 16.1 Å². The summed E-state index contributed by atoms with van der Waals surface area (Å²) < 4.78 is 11.5. The number of carbonyl (C=O) groups is 1. The molecule has 0 N–H and O–H groups in total. The van der Waals surface area contributed by atoms with E-state index in [1.54, 1.807) is 18.2 Å². The standard InChI is InChI=1S/C14H11N3O5/c1-21-14(18)13-5-10-4-9(2-3-12(10)22-13)7-16-8-11(6-15-16)17(19)20/h2-6,8H,7H2,1H3. The van der Waals surface area contributed by atoms with Gasteiger partial charge in [-0.25, -0.2) is 4.79 Å². The van der Waals surface area contributed by atoms with E-state index in [1.807, 2.05) is 6.07 Å². The van der Waals surface area contributed by atoms with Gasteiger partial charge in [0.2, 0.25) is 5.76 Å². The van der Waals surface area contributed by atoms with E-state index in [2.05, 4.69) is 9.84 Å². The molecule has 22 heavy (non-hydrogen) atoms. The Hall–Kier alpha value is -3.16. The van der Waals surface area contributed by atoms with Crippen molar-refractivity contribution >= 4 is 22.6 Å². The number of methoxy groups -OCH3 is 1. The summed E-state index contributed by atoms with van der Waals surface area (Å²) in [7, 11) is 1.28. The van der Waals surface area contributed by atoms with Crippen molar-refractivity contribution in [2.45, 2.75) is 6.54 Å². The van der Waals surface area contributed by atoms with Gasteiger partial charge in [-0.2, -0.15) is 5.10 Å². The monoisotopic (exact) mass is 301 g/mol. The van der Waals surface area contributed by atoms with E-state index in [1.165, 1.54) is 24.2 Å². The largest absolute Gasteiger partial charge is 0.463 e. The van der Waals surface area contributed by atoms with E-state index in [-0.39, 0.29) is 11.4 Å². The molecule has 8 heteroatoms. The van der Waals surface area contributed by atoms with Crippen LogP contribution in [0, 0.1) is 10.1 Å². The molecule has 0 fully saturated rings. The van der Waals surface area contributed by atoms with Crippen LogP contribution in [0.15, 0.2) is 41.1 Å². The minimum absolute atomic E-state index is 0.0580. The quantitative estimate of drug-likeness (QED) is 0.416. The highest BCUT2D eigenvalue weighted by Gasteiger charge is 2.13. The summed E-state index contributed by atoms with van der Waals surface area (Å²) in [4.78, 5) is 21.6. The Morgan fingerprint density at radius 3 is 2.95 bits per heavy atom. The number of carbonyl (C=O) groups excluding carboxylic acids is 1. The lowest BCUT2D eigenvalue weighted by molar-refractivity contribution is -0.385. The second-order valence-corrected chi connectivity index (χ2v) is 4.63. The highest BCUT2D eigenvalue weighted by molar-refractivity contribution is 5.92. The van der Waals surface area contributed by atoms with Crippen LogP contribution in [0.25, 0.3) is 11.0 Å². The zero-order valence-electron chi connectivity index (χ0n) is 11.6. The molecule has 112 valence electrons. The molecule has 0 spiro atoms. The molecule has 0 saturated heterocycles. The van der Waals surface area contributed by atoms with Crippen LogP contribution in [0.4, 0.5) is 5.69 Å². The molecule has 0 saturated carbocycles. The first-order valence-corrected chi connectivity index (χ1v) is 6.34. The van der Waals surface area contributed by atoms with E-state index in [9.17, 15) is 14.9 Å². The van der Waals surface area contributed by atoms with Gasteiger partial charge in [0, 0.05) is 5.39 Å². The van der Waals surface area contributed by atoms with Crippen molar-refractivity contribution in [2.24, 2.45) is 0 Å². The van der Waals surface area contributed by atoms with Gasteiger partial charge in [0.15, 0.2) is 0 Å². The number of rotatable bonds is 4. The van der Waals surface area contributed by atoms with Crippen LogP contribution in [0.5, 0.6) is 0 Å². The summed E-state index contributed by atoms with van der Waals surface area (Å²) in [6, 6.07) is 6.96. The maximum Gasteiger partial charge on any atom is 0.373 e. The summed E-state index contributed by atoms with van der Waals surface area (Å²) >= 11 is 0. The predicted molar refractivity (Wildman–Crippen MR) is 75.5 cm³/mol. The number of nitrogens with zero attached hydrogens (tertiary/aromatic N) is 3. The van der Waals surface area contributed by atoms with Crippen molar-refractivity contribution in [3.8, 4) is 0 Å². The van der Waals surface area contributed by atoms with Crippen LogP contribution >= 0.6 is 0 Å². The average Bonchev–Trinajstić information content (AvgIpc) is 3.12. The fraction of sp³-hybridized carbons (Fsp3) is 0.143. The molecule has 3 rings (SSSR count). The molecule has 2 heterocycles. The second kappa shape index (κ2) is 5.32.